The molecule has 1 amide bonds. The van der Waals surface area contributed by atoms with Crippen molar-refractivity contribution >= 4 is 11.4 Å². The maximum absolute atomic E-state index is 12.6. The normalized spacial score (nSPS) is 16.1. The van der Waals surface area contributed by atoms with Gasteiger partial charge >= 0.3 is 0 Å². The van der Waals surface area contributed by atoms with E-state index in [1.54, 1.807) is 0 Å². The highest BCUT2D eigenvalue weighted by atomic mass is 16.2. The predicted octanol–water partition coefficient (Wildman–Crippen LogP) is 2.87. The van der Waals surface area contributed by atoms with Crippen LogP contribution >= 0.6 is 0 Å². The van der Waals surface area contributed by atoms with Crippen molar-refractivity contribution in [2.45, 2.75) is 39.0 Å². The van der Waals surface area contributed by atoms with Crippen LogP contribution in [0, 0.1) is 0 Å². The zero-order chi connectivity index (χ0) is 14.3. The van der Waals surface area contributed by atoms with Crippen LogP contribution < -0.4 is 0 Å². The Labute approximate surface area is 119 Å². The van der Waals surface area contributed by atoms with Crippen LogP contribution in [0.2, 0.25) is 0 Å². The van der Waals surface area contributed by atoms with E-state index in [2.05, 4.69) is 25.8 Å². The molecule has 1 fully saturated rings. The second kappa shape index (κ2) is 4.62. The first-order valence-corrected chi connectivity index (χ1v) is 7.25. The molecule has 4 heteroatoms. The van der Waals surface area contributed by atoms with E-state index in [0.717, 1.165) is 37.1 Å². The van der Waals surface area contributed by atoms with E-state index in [0.29, 0.717) is 5.82 Å². The Morgan fingerprint density at radius 3 is 2.55 bits per heavy atom. The maximum atomic E-state index is 12.6. The molecule has 2 aromatic heterocycles. The Morgan fingerprint density at radius 1 is 1.20 bits per heavy atom. The average molecular weight is 271 g/mol. The van der Waals surface area contributed by atoms with Crippen molar-refractivity contribution in [2.24, 2.45) is 0 Å². The number of carbonyl (C=O) groups excluding carboxylic acids is 1. The summed E-state index contributed by atoms with van der Waals surface area (Å²) in [5.74, 6) is 0.603. The number of imidazole rings is 1. The van der Waals surface area contributed by atoms with Crippen molar-refractivity contribution in [3.05, 3.63) is 35.9 Å². The second-order valence-corrected chi connectivity index (χ2v) is 6.49. The zero-order valence-electron chi connectivity index (χ0n) is 12.4. The molecule has 0 spiro atoms. The molecule has 0 saturated carbocycles. The molecule has 4 nitrogen and oxygen atoms in total. The van der Waals surface area contributed by atoms with Crippen LogP contribution in [0.15, 0.2) is 24.4 Å². The molecule has 0 N–H and O–H groups in total. The molecule has 3 heterocycles. The number of carbonyl (C=O) groups is 1. The summed E-state index contributed by atoms with van der Waals surface area (Å²) in [6.07, 6.45) is 4.13. The molecule has 0 atom stereocenters. The predicted molar refractivity (Wildman–Crippen MR) is 79.0 cm³/mol. The summed E-state index contributed by atoms with van der Waals surface area (Å²) >= 11 is 0. The first-order chi connectivity index (χ1) is 9.48. The third-order valence-corrected chi connectivity index (χ3v) is 3.84. The fraction of sp³-hybridized carbons (Fsp3) is 0.500. The number of amides is 1. The van der Waals surface area contributed by atoms with Crippen LogP contribution in [0.4, 0.5) is 0 Å². The van der Waals surface area contributed by atoms with Crippen molar-refractivity contribution in [3.63, 3.8) is 0 Å². The number of hydrogen-bond acceptors (Lipinski definition) is 2. The van der Waals surface area contributed by atoms with E-state index in [-0.39, 0.29) is 11.3 Å². The summed E-state index contributed by atoms with van der Waals surface area (Å²) in [5.41, 5.74) is 1.94. The monoisotopic (exact) mass is 271 g/mol. The summed E-state index contributed by atoms with van der Waals surface area (Å²) < 4.78 is 1.93. The van der Waals surface area contributed by atoms with Gasteiger partial charge in [-0.05, 0) is 25.0 Å². The van der Waals surface area contributed by atoms with E-state index in [1.165, 1.54) is 0 Å². The lowest BCUT2D eigenvalue weighted by Gasteiger charge is -2.15. The number of pyridine rings is 1. The van der Waals surface area contributed by atoms with Gasteiger partial charge in [0.15, 0.2) is 0 Å². The number of aromatic nitrogens is 2. The minimum Gasteiger partial charge on any atom is -0.336 e. The number of nitrogens with zero attached hydrogens (tertiary/aromatic N) is 3. The first kappa shape index (κ1) is 13.2. The molecule has 106 valence electrons. The minimum atomic E-state index is -0.0733. The summed E-state index contributed by atoms with van der Waals surface area (Å²) in [4.78, 5) is 19.2. The molecule has 20 heavy (non-hydrogen) atoms. The standard InChI is InChI=1S/C16H21N3O/c1-16(2,3)13-12-8-4-5-11-19(12)14(17-13)15(20)18-9-6-7-10-18/h4-5,8,11H,6-7,9-10H2,1-3H3. The van der Waals surface area contributed by atoms with Gasteiger partial charge < -0.3 is 4.90 Å². The van der Waals surface area contributed by atoms with Crippen molar-refractivity contribution in [3.8, 4) is 0 Å². The molecule has 0 bridgehead atoms. The highest BCUT2D eigenvalue weighted by Crippen LogP contribution is 2.27. The Balaban J connectivity index is 2.13. The molecule has 0 aromatic carbocycles. The quantitative estimate of drug-likeness (QED) is 0.800. The first-order valence-electron chi connectivity index (χ1n) is 7.25. The van der Waals surface area contributed by atoms with Gasteiger partial charge in [0.05, 0.1) is 11.2 Å². The van der Waals surface area contributed by atoms with Gasteiger partial charge in [0, 0.05) is 24.7 Å². The number of rotatable bonds is 1. The van der Waals surface area contributed by atoms with Crippen LogP contribution in [-0.4, -0.2) is 33.3 Å². The van der Waals surface area contributed by atoms with Crippen LogP contribution in [-0.2, 0) is 5.41 Å². The Hall–Kier alpha value is -1.84. The molecule has 0 unspecified atom stereocenters. The van der Waals surface area contributed by atoms with E-state index in [4.69, 9.17) is 0 Å². The van der Waals surface area contributed by atoms with E-state index < -0.39 is 0 Å². The fourth-order valence-electron chi connectivity index (χ4n) is 2.80. The third kappa shape index (κ3) is 2.09. The zero-order valence-corrected chi connectivity index (χ0v) is 12.4. The average Bonchev–Trinajstić information content (AvgIpc) is 3.05. The van der Waals surface area contributed by atoms with Crippen molar-refractivity contribution in [2.75, 3.05) is 13.1 Å². The summed E-state index contributed by atoms with van der Waals surface area (Å²) in [5, 5.41) is 0. The SMILES string of the molecule is CC(C)(C)c1nc(C(=O)N2CCCC2)n2ccccc12. The van der Waals surface area contributed by atoms with E-state index >= 15 is 0 Å². The summed E-state index contributed by atoms with van der Waals surface area (Å²) in [7, 11) is 0. The lowest BCUT2D eigenvalue weighted by molar-refractivity contribution is 0.0780. The molecule has 2 aromatic rings. The highest BCUT2D eigenvalue weighted by Gasteiger charge is 2.28. The number of likely N-dealkylation sites (tertiary alicyclic amines) is 1. The Morgan fingerprint density at radius 2 is 1.90 bits per heavy atom. The molecule has 1 saturated heterocycles. The van der Waals surface area contributed by atoms with Crippen LogP contribution in [0.1, 0.15) is 49.9 Å². The Kier molecular flexibility index (Phi) is 3.04. The molecular formula is C16H21N3O. The van der Waals surface area contributed by atoms with Crippen LogP contribution in [0.5, 0.6) is 0 Å². The van der Waals surface area contributed by atoms with Crippen molar-refractivity contribution in [1.29, 1.82) is 0 Å². The summed E-state index contributed by atoms with van der Waals surface area (Å²) in [6.45, 7) is 8.10. The molecule has 0 radical (unpaired) electrons. The highest BCUT2D eigenvalue weighted by molar-refractivity contribution is 5.92. The van der Waals surface area contributed by atoms with Gasteiger partial charge in [0.25, 0.3) is 5.91 Å². The molecular weight excluding hydrogens is 250 g/mol. The number of hydrogen-bond donors (Lipinski definition) is 0. The largest absolute Gasteiger partial charge is 0.336 e. The van der Waals surface area contributed by atoms with E-state index in [1.807, 2.05) is 33.7 Å². The van der Waals surface area contributed by atoms with Crippen LogP contribution in [0.25, 0.3) is 5.52 Å². The molecule has 1 aliphatic heterocycles. The van der Waals surface area contributed by atoms with Gasteiger partial charge in [0.2, 0.25) is 5.82 Å². The van der Waals surface area contributed by atoms with Gasteiger partial charge in [-0.2, -0.15) is 0 Å². The van der Waals surface area contributed by atoms with E-state index in [9.17, 15) is 4.79 Å². The van der Waals surface area contributed by atoms with Gasteiger partial charge in [-0.1, -0.05) is 26.8 Å². The topological polar surface area (TPSA) is 37.6 Å². The van der Waals surface area contributed by atoms with Crippen molar-refractivity contribution < 1.29 is 4.79 Å². The lowest BCUT2D eigenvalue weighted by Crippen LogP contribution is -2.29. The Bertz CT molecular complexity index is 645. The van der Waals surface area contributed by atoms with Crippen molar-refractivity contribution in [1.82, 2.24) is 14.3 Å². The molecule has 1 aliphatic rings. The summed E-state index contributed by atoms with van der Waals surface area (Å²) in [6, 6.07) is 5.98. The number of fused-ring (bicyclic) bond motifs is 1. The van der Waals surface area contributed by atoms with Gasteiger partial charge in [-0.3, -0.25) is 9.20 Å². The third-order valence-electron chi connectivity index (χ3n) is 3.84. The minimum absolute atomic E-state index is 0.0548. The second-order valence-electron chi connectivity index (χ2n) is 6.49. The van der Waals surface area contributed by atoms with Gasteiger partial charge in [-0.25, -0.2) is 4.98 Å². The lowest BCUT2D eigenvalue weighted by atomic mass is 9.91. The van der Waals surface area contributed by atoms with Crippen LogP contribution in [0.3, 0.4) is 0 Å². The molecule has 0 aliphatic carbocycles. The smallest absolute Gasteiger partial charge is 0.290 e. The fourth-order valence-corrected chi connectivity index (χ4v) is 2.80. The van der Waals surface area contributed by atoms with Gasteiger partial charge in [0.1, 0.15) is 0 Å². The maximum Gasteiger partial charge on any atom is 0.290 e. The van der Waals surface area contributed by atoms with Gasteiger partial charge in [-0.15, -0.1) is 0 Å². The molecule has 3 rings (SSSR count).